The van der Waals surface area contributed by atoms with Gasteiger partial charge in [-0.05, 0) is 36.3 Å². The molecule has 4 rings (SSSR count). The number of fused-ring (bicyclic) bond motifs is 1. The standard InChI is InChI=1S/C17H17N7O3/c1-11-17(22-27-21-11)26-9-7-18-16(25)12-5-6-14-19-20-15(24(14)10-12)13-4-3-8-23(13)2/h3-6,8,10H,7,9H2,1-2H3,(H,18,25). The molecule has 0 saturated heterocycles. The molecule has 0 saturated carbocycles. The third-order valence-electron chi connectivity index (χ3n) is 4.07. The van der Waals surface area contributed by atoms with E-state index in [4.69, 9.17) is 4.74 Å². The normalized spacial score (nSPS) is 11.0. The predicted octanol–water partition coefficient (Wildman–Crippen LogP) is 1.24. The van der Waals surface area contributed by atoms with Crippen molar-refractivity contribution in [3.63, 3.8) is 0 Å². The van der Waals surface area contributed by atoms with Crippen molar-refractivity contribution >= 4 is 11.6 Å². The monoisotopic (exact) mass is 367 g/mol. The molecule has 10 nitrogen and oxygen atoms in total. The summed E-state index contributed by atoms with van der Waals surface area (Å²) >= 11 is 0. The summed E-state index contributed by atoms with van der Waals surface area (Å²) < 4.78 is 13.7. The lowest BCUT2D eigenvalue weighted by Crippen LogP contribution is -2.28. The molecular formula is C17H17N7O3. The molecule has 0 aliphatic rings. The quantitative estimate of drug-likeness (QED) is 0.510. The van der Waals surface area contributed by atoms with Gasteiger partial charge in [0.2, 0.25) is 0 Å². The fourth-order valence-corrected chi connectivity index (χ4v) is 2.66. The fraction of sp³-hybridized carbons (Fsp3) is 0.235. The molecule has 0 aliphatic carbocycles. The van der Waals surface area contributed by atoms with E-state index in [0.29, 0.717) is 35.2 Å². The molecular weight excluding hydrogens is 350 g/mol. The Bertz CT molecular complexity index is 1100. The highest BCUT2D eigenvalue weighted by atomic mass is 16.6. The Morgan fingerprint density at radius 1 is 1.26 bits per heavy atom. The maximum atomic E-state index is 12.4. The maximum absolute atomic E-state index is 12.4. The van der Waals surface area contributed by atoms with E-state index in [0.717, 1.165) is 5.69 Å². The fourth-order valence-electron chi connectivity index (χ4n) is 2.66. The van der Waals surface area contributed by atoms with Crippen LogP contribution in [0.5, 0.6) is 5.88 Å². The van der Waals surface area contributed by atoms with E-state index >= 15 is 0 Å². The third-order valence-corrected chi connectivity index (χ3v) is 4.07. The van der Waals surface area contributed by atoms with E-state index in [9.17, 15) is 4.79 Å². The van der Waals surface area contributed by atoms with Crippen LogP contribution in [0.4, 0.5) is 0 Å². The molecule has 4 aromatic rings. The van der Waals surface area contributed by atoms with E-state index in [2.05, 4.69) is 30.5 Å². The lowest BCUT2D eigenvalue weighted by Gasteiger charge is -2.07. The molecule has 0 fully saturated rings. The van der Waals surface area contributed by atoms with Crippen molar-refractivity contribution in [3.8, 4) is 17.4 Å². The number of hydrogen-bond acceptors (Lipinski definition) is 7. The molecule has 0 spiro atoms. The summed E-state index contributed by atoms with van der Waals surface area (Å²) in [6.07, 6.45) is 3.65. The van der Waals surface area contributed by atoms with Gasteiger partial charge in [0.25, 0.3) is 11.8 Å². The van der Waals surface area contributed by atoms with E-state index in [-0.39, 0.29) is 12.5 Å². The van der Waals surface area contributed by atoms with Crippen LogP contribution in [0.3, 0.4) is 0 Å². The molecule has 0 aliphatic heterocycles. The molecule has 0 bridgehead atoms. The molecule has 4 aromatic heterocycles. The number of rotatable bonds is 6. The first kappa shape index (κ1) is 16.8. The molecule has 10 heteroatoms. The van der Waals surface area contributed by atoms with Gasteiger partial charge in [0.05, 0.1) is 17.8 Å². The topological polar surface area (TPSA) is 112 Å². The molecule has 27 heavy (non-hydrogen) atoms. The van der Waals surface area contributed by atoms with Gasteiger partial charge < -0.3 is 14.6 Å². The van der Waals surface area contributed by atoms with E-state index in [1.54, 1.807) is 29.7 Å². The average molecular weight is 367 g/mol. The van der Waals surface area contributed by atoms with Crippen LogP contribution in [-0.4, -0.2) is 48.5 Å². The molecule has 0 aromatic carbocycles. The Morgan fingerprint density at radius 2 is 2.15 bits per heavy atom. The lowest BCUT2D eigenvalue weighted by atomic mass is 10.2. The zero-order valence-electron chi connectivity index (χ0n) is 14.8. The van der Waals surface area contributed by atoms with E-state index < -0.39 is 0 Å². The van der Waals surface area contributed by atoms with Crippen LogP contribution in [0.15, 0.2) is 41.3 Å². The summed E-state index contributed by atoms with van der Waals surface area (Å²) in [5, 5.41) is 18.4. The van der Waals surface area contributed by atoms with Crippen molar-refractivity contribution in [1.82, 2.24) is 34.8 Å². The van der Waals surface area contributed by atoms with Crippen molar-refractivity contribution in [1.29, 1.82) is 0 Å². The second-order valence-corrected chi connectivity index (χ2v) is 5.93. The Kier molecular flexibility index (Phi) is 4.29. The average Bonchev–Trinajstić information content (AvgIpc) is 3.38. The van der Waals surface area contributed by atoms with Crippen LogP contribution in [0.2, 0.25) is 0 Å². The van der Waals surface area contributed by atoms with Crippen molar-refractivity contribution in [2.45, 2.75) is 6.92 Å². The van der Waals surface area contributed by atoms with Gasteiger partial charge in [-0.15, -0.1) is 10.2 Å². The predicted molar refractivity (Wildman–Crippen MR) is 94.3 cm³/mol. The number of hydrogen-bond donors (Lipinski definition) is 1. The summed E-state index contributed by atoms with van der Waals surface area (Å²) in [7, 11) is 1.93. The maximum Gasteiger partial charge on any atom is 0.278 e. The molecule has 1 amide bonds. The van der Waals surface area contributed by atoms with Gasteiger partial charge in [-0.1, -0.05) is 5.16 Å². The Labute approximate surface area is 153 Å². The SMILES string of the molecule is Cc1nonc1OCCNC(=O)c1ccc2nnc(-c3cccn3C)n2c1. The van der Waals surface area contributed by atoms with Gasteiger partial charge in [0.15, 0.2) is 11.5 Å². The van der Waals surface area contributed by atoms with Crippen LogP contribution in [0, 0.1) is 6.92 Å². The first-order valence-electron chi connectivity index (χ1n) is 8.30. The molecule has 4 heterocycles. The number of carbonyl (C=O) groups excluding carboxylic acids is 1. The summed E-state index contributed by atoms with van der Waals surface area (Å²) in [5.74, 6) is 0.772. The number of nitrogens with one attached hydrogen (secondary N) is 1. The summed E-state index contributed by atoms with van der Waals surface area (Å²) in [4.78, 5) is 12.4. The molecule has 0 unspecified atom stereocenters. The van der Waals surface area contributed by atoms with Gasteiger partial charge in [0.1, 0.15) is 12.3 Å². The molecule has 0 atom stereocenters. The van der Waals surface area contributed by atoms with Gasteiger partial charge in [-0.25, -0.2) is 4.63 Å². The van der Waals surface area contributed by atoms with Gasteiger partial charge >= 0.3 is 0 Å². The Balaban J connectivity index is 1.46. The highest BCUT2D eigenvalue weighted by Gasteiger charge is 2.13. The number of amides is 1. The van der Waals surface area contributed by atoms with Gasteiger partial charge in [0, 0.05) is 19.4 Å². The number of aryl methyl sites for hydroxylation is 2. The van der Waals surface area contributed by atoms with Crippen LogP contribution in [-0.2, 0) is 7.05 Å². The second-order valence-electron chi connectivity index (χ2n) is 5.93. The van der Waals surface area contributed by atoms with Crippen LogP contribution in [0.1, 0.15) is 16.1 Å². The van der Waals surface area contributed by atoms with Crippen molar-refractivity contribution in [2.75, 3.05) is 13.2 Å². The van der Waals surface area contributed by atoms with Crippen molar-refractivity contribution in [3.05, 3.63) is 47.9 Å². The number of aromatic nitrogens is 6. The summed E-state index contributed by atoms with van der Waals surface area (Å²) in [6.45, 7) is 2.30. The van der Waals surface area contributed by atoms with Crippen LogP contribution < -0.4 is 10.1 Å². The molecule has 1 N–H and O–H groups in total. The van der Waals surface area contributed by atoms with E-state index in [1.165, 1.54) is 0 Å². The summed E-state index contributed by atoms with van der Waals surface area (Å²) in [6, 6.07) is 7.34. The smallest absolute Gasteiger partial charge is 0.278 e. The highest BCUT2D eigenvalue weighted by molar-refractivity contribution is 5.94. The minimum Gasteiger partial charge on any atom is -0.472 e. The summed E-state index contributed by atoms with van der Waals surface area (Å²) in [5.41, 5.74) is 2.63. The Morgan fingerprint density at radius 3 is 2.89 bits per heavy atom. The number of carbonyl (C=O) groups is 1. The molecule has 138 valence electrons. The van der Waals surface area contributed by atoms with Gasteiger partial charge in [-0.2, -0.15) is 0 Å². The Hall–Kier alpha value is -3.69. The van der Waals surface area contributed by atoms with Gasteiger partial charge in [-0.3, -0.25) is 9.20 Å². The van der Waals surface area contributed by atoms with Crippen LogP contribution >= 0.6 is 0 Å². The van der Waals surface area contributed by atoms with E-state index in [1.807, 2.05) is 29.9 Å². The number of pyridine rings is 1. The first-order valence-corrected chi connectivity index (χ1v) is 8.30. The first-order chi connectivity index (χ1) is 13.1. The minimum absolute atomic E-state index is 0.220. The van der Waals surface area contributed by atoms with Crippen molar-refractivity contribution < 1.29 is 14.2 Å². The number of nitrogens with zero attached hydrogens (tertiary/aromatic N) is 6. The minimum atomic E-state index is -0.220. The second kappa shape index (κ2) is 6.90. The zero-order valence-corrected chi connectivity index (χ0v) is 14.8. The largest absolute Gasteiger partial charge is 0.472 e. The van der Waals surface area contributed by atoms with Crippen LogP contribution in [0.25, 0.3) is 17.2 Å². The zero-order chi connectivity index (χ0) is 18.8. The number of ether oxygens (including phenoxy) is 1. The third kappa shape index (κ3) is 3.24. The molecule has 0 radical (unpaired) electrons. The van der Waals surface area contributed by atoms with Crippen molar-refractivity contribution in [2.24, 2.45) is 7.05 Å². The lowest BCUT2D eigenvalue weighted by molar-refractivity contribution is 0.0946. The highest BCUT2D eigenvalue weighted by Crippen LogP contribution is 2.19.